The Balaban J connectivity index is 1.53. The number of ether oxygens (including phenoxy) is 1. The number of anilines is 1. The summed E-state index contributed by atoms with van der Waals surface area (Å²) < 4.78 is 5.06. The monoisotopic (exact) mass is 367 g/mol. The van der Waals surface area contributed by atoms with Crippen LogP contribution in [0.5, 0.6) is 0 Å². The summed E-state index contributed by atoms with van der Waals surface area (Å²) in [6.07, 6.45) is 0.114. The van der Waals surface area contributed by atoms with Gasteiger partial charge in [0.1, 0.15) is 0 Å². The van der Waals surface area contributed by atoms with Crippen LogP contribution in [-0.2, 0) is 20.7 Å². The zero-order valence-electron chi connectivity index (χ0n) is 14.3. The van der Waals surface area contributed by atoms with Crippen LogP contribution >= 0.6 is 11.6 Å². The fourth-order valence-corrected chi connectivity index (χ4v) is 2.90. The van der Waals surface area contributed by atoms with E-state index in [4.69, 9.17) is 16.3 Å². The topological polar surface area (TPSA) is 55.4 Å². The fraction of sp³-hybridized carbons (Fsp3) is 0.143. The van der Waals surface area contributed by atoms with Gasteiger partial charge < -0.3 is 10.1 Å². The van der Waals surface area contributed by atoms with Crippen LogP contribution in [0.25, 0.3) is 10.8 Å². The quantitative estimate of drug-likeness (QED) is 0.674. The molecule has 0 bridgehead atoms. The van der Waals surface area contributed by atoms with Gasteiger partial charge in [-0.2, -0.15) is 0 Å². The molecule has 0 unspecified atom stereocenters. The van der Waals surface area contributed by atoms with Crippen LogP contribution in [0.3, 0.4) is 0 Å². The van der Waals surface area contributed by atoms with Gasteiger partial charge >= 0.3 is 5.97 Å². The maximum absolute atomic E-state index is 12.0. The largest absolute Gasteiger partial charge is 0.455 e. The van der Waals surface area contributed by atoms with E-state index in [-0.39, 0.29) is 13.0 Å². The highest BCUT2D eigenvalue weighted by Gasteiger charge is 2.11. The molecule has 5 heteroatoms. The summed E-state index contributed by atoms with van der Waals surface area (Å²) in [6, 6.07) is 19.0. The van der Waals surface area contributed by atoms with Crippen molar-refractivity contribution < 1.29 is 14.3 Å². The molecular weight excluding hydrogens is 350 g/mol. The van der Waals surface area contributed by atoms with Gasteiger partial charge in [-0.15, -0.1) is 0 Å². The first kappa shape index (κ1) is 18.0. The van der Waals surface area contributed by atoms with Gasteiger partial charge in [0.15, 0.2) is 6.61 Å². The van der Waals surface area contributed by atoms with Crippen LogP contribution in [0.4, 0.5) is 5.69 Å². The summed E-state index contributed by atoms with van der Waals surface area (Å²) in [6.45, 7) is 1.56. The number of hydrogen-bond donors (Lipinski definition) is 1. The first-order chi connectivity index (χ1) is 12.5. The number of benzene rings is 3. The minimum atomic E-state index is -0.453. The molecule has 0 aromatic heterocycles. The Hall–Kier alpha value is -2.85. The third-order valence-corrected chi connectivity index (χ3v) is 4.24. The molecule has 26 heavy (non-hydrogen) atoms. The van der Waals surface area contributed by atoms with Crippen LogP contribution in [-0.4, -0.2) is 18.5 Å². The number of aryl methyl sites for hydroxylation is 1. The molecule has 0 fully saturated rings. The summed E-state index contributed by atoms with van der Waals surface area (Å²) >= 11 is 6.07. The molecule has 3 aromatic rings. The van der Waals surface area contributed by atoms with Crippen molar-refractivity contribution in [2.24, 2.45) is 0 Å². The highest BCUT2D eigenvalue weighted by Crippen LogP contribution is 2.22. The second-order valence-electron chi connectivity index (χ2n) is 6.05. The van der Waals surface area contributed by atoms with Crippen molar-refractivity contribution in [1.82, 2.24) is 0 Å². The molecule has 1 amide bonds. The molecule has 0 aliphatic rings. The van der Waals surface area contributed by atoms with Gasteiger partial charge in [0.05, 0.1) is 17.1 Å². The maximum atomic E-state index is 12.0. The maximum Gasteiger partial charge on any atom is 0.310 e. The second-order valence-corrected chi connectivity index (χ2v) is 6.46. The normalized spacial score (nSPS) is 10.5. The van der Waals surface area contributed by atoms with Gasteiger partial charge in [-0.25, -0.2) is 0 Å². The lowest BCUT2D eigenvalue weighted by molar-refractivity contribution is -0.146. The molecule has 0 saturated heterocycles. The van der Waals surface area contributed by atoms with E-state index in [1.165, 1.54) is 0 Å². The van der Waals surface area contributed by atoms with E-state index in [1.54, 1.807) is 12.1 Å². The lowest BCUT2D eigenvalue weighted by atomic mass is 10.1. The Labute approximate surface area is 156 Å². The number of esters is 1. The molecule has 4 nitrogen and oxygen atoms in total. The molecule has 0 radical (unpaired) electrons. The molecule has 0 atom stereocenters. The minimum Gasteiger partial charge on any atom is -0.455 e. The number of halogens is 1. The number of amides is 1. The summed E-state index contributed by atoms with van der Waals surface area (Å²) in [5.74, 6) is -0.881. The van der Waals surface area contributed by atoms with Crippen LogP contribution in [0.1, 0.15) is 11.1 Å². The van der Waals surface area contributed by atoms with E-state index >= 15 is 0 Å². The predicted octanol–water partition coefficient (Wildman–Crippen LogP) is 4.53. The van der Waals surface area contributed by atoms with Crippen LogP contribution in [0.15, 0.2) is 60.7 Å². The number of nitrogens with one attached hydrogen (secondary N) is 1. The third-order valence-electron chi connectivity index (χ3n) is 3.93. The van der Waals surface area contributed by atoms with Gasteiger partial charge in [0, 0.05) is 0 Å². The summed E-state index contributed by atoms with van der Waals surface area (Å²) in [4.78, 5) is 23.9. The summed E-state index contributed by atoms with van der Waals surface area (Å²) in [5.41, 5.74) is 2.33. The van der Waals surface area contributed by atoms with Crippen molar-refractivity contribution >= 4 is 39.9 Å². The van der Waals surface area contributed by atoms with Crippen molar-refractivity contribution in [1.29, 1.82) is 0 Å². The van der Waals surface area contributed by atoms with E-state index in [9.17, 15) is 9.59 Å². The SMILES string of the molecule is Cc1ccc(NC(=O)COC(=O)Cc2ccc3ccccc3c2)c(Cl)c1. The number of fused-ring (bicyclic) bond motifs is 1. The van der Waals surface area contributed by atoms with E-state index in [0.29, 0.717) is 10.7 Å². The predicted molar refractivity (Wildman–Crippen MR) is 103 cm³/mol. The summed E-state index contributed by atoms with van der Waals surface area (Å²) in [7, 11) is 0. The van der Waals surface area contributed by atoms with E-state index in [2.05, 4.69) is 5.32 Å². The smallest absolute Gasteiger partial charge is 0.310 e. The average molecular weight is 368 g/mol. The van der Waals surface area contributed by atoms with Gasteiger partial charge in [0.25, 0.3) is 5.91 Å². The Morgan fingerprint density at radius 3 is 2.54 bits per heavy atom. The Kier molecular flexibility index (Phi) is 5.54. The standard InChI is InChI=1S/C21H18ClNO3/c1-14-6-9-19(18(22)10-14)23-20(24)13-26-21(25)12-15-7-8-16-4-2-3-5-17(16)11-15/h2-11H,12-13H2,1H3,(H,23,24). The summed E-state index contributed by atoms with van der Waals surface area (Å²) in [5, 5.41) is 5.25. The Bertz CT molecular complexity index is 968. The van der Waals surface area contributed by atoms with Crippen molar-refractivity contribution in [3.63, 3.8) is 0 Å². The zero-order chi connectivity index (χ0) is 18.5. The van der Waals surface area contributed by atoms with Gasteiger partial charge in [-0.05, 0) is 41.0 Å². The van der Waals surface area contributed by atoms with E-state index < -0.39 is 11.9 Å². The first-order valence-electron chi connectivity index (χ1n) is 8.20. The van der Waals surface area contributed by atoms with E-state index in [1.807, 2.05) is 55.5 Å². The zero-order valence-corrected chi connectivity index (χ0v) is 15.0. The Morgan fingerprint density at radius 2 is 1.77 bits per heavy atom. The number of rotatable bonds is 5. The molecular formula is C21H18ClNO3. The van der Waals surface area contributed by atoms with Crippen LogP contribution < -0.4 is 5.32 Å². The molecule has 3 rings (SSSR count). The van der Waals surface area contributed by atoms with Gasteiger partial charge in [-0.3, -0.25) is 9.59 Å². The van der Waals surface area contributed by atoms with Crippen molar-refractivity contribution in [2.45, 2.75) is 13.3 Å². The van der Waals surface area contributed by atoms with Crippen LogP contribution in [0.2, 0.25) is 5.02 Å². The molecule has 0 heterocycles. The molecule has 0 aliphatic heterocycles. The lowest BCUT2D eigenvalue weighted by Gasteiger charge is -2.09. The third kappa shape index (κ3) is 4.61. The average Bonchev–Trinajstić information content (AvgIpc) is 2.62. The number of carbonyl (C=O) groups excluding carboxylic acids is 2. The highest BCUT2D eigenvalue weighted by atomic mass is 35.5. The molecule has 132 valence electrons. The molecule has 0 saturated carbocycles. The van der Waals surface area contributed by atoms with Gasteiger partial charge in [-0.1, -0.05) is 60.1 Å². The van der Waals surface area contributed by atoms with Crippen molar-refractivity contribution in [3.8, 4) is 0 Å². The lowest BCUT2D eigenvalue weighted by Crippen LogP contribution is -2.21. The molecule has 0 aliphatic carbocycles. The van der Waals surface area contributed by atoms with Crippen molar-refractivity contribution in [3.05, 3.63) is 76.8 Å². The van der Waals surface area contributed by atoms with Crippen LogP contribution in [0, 0.1) is 6.92 Å². The minimum absolute atomic E-state index is 0.114. The first-order valence-corrected chi connectivity index (χ1v) is 8.58. The second kappa shape index (κ2) is 8.02. The molecule has 1 N–H and O–H groups in total. The number of carbonyl (C=O) groups is 2. The highest BCUT2D eigenvalue weighted by molar-refractivity contribution is 6.33. The number of hydrogen-bond acceptors (Lipinski definition) is 3. The fourth-order valence-electron chi connectivity index (χ4n) is 2.62. The molecule has 0 spiro atoms. The Morgan fingerprint density at radius 1 is 1.00 bits per heavy atom. The van der Waals surface area contributed by atoms with Crippen molar-refractivity contribution in [2.75, 3.05) is 11.9 Å². The van der Waals surface area contributed by atoms with E-state index in [0.717, 1.165) is 21.9 Å². The van der Waals surface area contributed by atoms with Gasteiger partial charge in [0.2, 0.25) is 0 Å². The molecule has 3 aromatic carbocycles.